The second kappa shape index (κ2) is 5.12. The van der Waals surface area contributed by atoms with Gasteiger partial charge in [-0.1, -0.05) is 13.3 Å². The molecule has 0 bridgehead atoms. The highest BCUT2D eigenvalue weighted by Gasteiger charge is 2.31. The number of aryl methyl sites for hydroxylation is 1. The van der Waals surface area contributed by atoms with Crippen molar-refractivity contribution in [2.45, 2.75) is 53.1 Å². The fourth-order valence-electron chi connectivity index (χ4n) is 2.17. The normalized spacial score (nSPS) is 17.4. The van der Waals surface area contributed by atoms with Crippen LogP contribution in [0.25, 0.3) is 0 Å². The van der Waals surface area contributed by atoms with Crippen LogP contribution in [0.5, 0.6) is 5.88 Å². The molecule has 0 saturated heterocycles. The number of ether oxygens (including phenoxy) is 1. The number of hydrogen-bond donors (Lipinski definition) is 1. The van der Waals surface area contributed by atoms with Crippen molar-refractivity contribution in [3.8, 4) is 5.88 Å². The van der Waals surface area contributed by atoms with Gasteiger partial charge in [-0.3, -0.25) is 0 Å². The van der Waals surface area contributed by atoms with Gasteiger partial charge in [0.2, 0.25) is 11.8 Å². The molecule has 0 aromatic carbocycles. The summed E-state index contributed by atoms with van der Waals surface area (Å²) in [5.74, 6) is 1.33. The van der Waals surface area contributed by atoms with Gasteiger partial charge in [-0.05, 0) is 39.0 Å². The molecule has 1 aliphatic rings. The van der Waals surface area contributed by atoms with Gasteiger partial charge in [0.05, 0.1) is 6.10 Å². The molecule has 0 spiro atoms. The maximum atomic E-state index is 5.62. The van der Waals surface area contributed by atoms with Crippen LogP contribution in [0.15, 0.2) is 6.07 Å². The molecule has 4 nitrogen and oxygen atoms in total. The Bertz CT molecular complexity index is 414. The Balaban J connectivity index is 2.00. The van der Waals surface area contributed by atoms with E-state index in [9.17, 15) is 0 Å². The maximum absolute atomic E-state index is 5.62. The third-order valence-electron chi connectivity index (χ3n) is 3.42. The van der Waals surface area contributed by atoms with E-state index < -0.39 is 0 Å². The van der Waals surface area contributed by atoms with Crippen molar-refractivity contribution in [3.05, 3.63) is 11.8 Å². The van der Waals surface area contributed by atoms with Gasteiger partial charge in [0.15, 0.2) is 0 Å². The van der Waals surface area contributed by atoms with Crippen LogP contribution in [0.3, 0.4) is 0 Å². The van der Waals surface area contributed by atoms with Crippen LogP contribution in [0, 0.1) is 12.3 Å². The summed E-state index contributed by atoms with van der Waals surface area (Å²) in [6.07, 6.45) is 4.06. The number of rotatable bonds is 5. The maximum Gasteiger partial charge on any atom is 0.226 e. The van der Waals surface area contributed by atoms with Gasteiger partial charge in [-0.15, -0.1) is 0 Å². The van der Waals surface area contributed by atoms with E-state index in [2.05, 4.69) is 22.2 Å². The summed E-state index contributed by atoms with van der Waals surface area (Å²) in [6.45, 7) is 9.22. The molecule has 1 N–H and O–H groups in total. The van der Waals surface area contributed by atoms with Crippen LogP contribution in [0.4, 0.5) is 5.95 Å². The lowest BCUT2D eigenvalue weighted by atomic mass is 9.70. The minimum Gasteiger partial charge on any atom is -0.475 e. The first-order valence-electron chi connectivity index (χ1n) is 6.73. The van der Waals surface area contributed by atoms with Gasteiger partial charge >= 0.3 is 0 Å². The Labute approximate surface area is 109 Å². The average molecular weight is 249 g/mol. The van der Waals surface area contributed by atoms with Crippen LogP contribution in [0.1, 0.15) is 45.7 Å². The second-order valence-corrected chi connectivity index (χ2v) is 5.86. The van der Waals surface area contributed by atoms with Crippen LogP contribution in [-0.2, 0) is 0 Å². The molecule has 2 rings (SSSR count). The quantitative estimate of drug-likeness (QED) is 0.870. The topological polar surface area (TPSA) is 47.0 Å². The molecule has 1 aliphatic carbocycles. The smallest absolute Gasteiger partial charge is 0.226 e. The fourth-order valence-corrected chi connectivity index (χ4v) is 2.17. The molecular weight excluding hydrogens is 226 g/mol. The molecule has 0 unspecified atom stereocenters. The zero-order valence-electron chi connectivity index (χ0n) is 11.8. The van der Waals surface area contributed by atoms with Crippen LogP contribution in [0.2, 0.25) is 0 Å². The standard InChI is InChI=1S/C14H23N3O/c1-10(2)18-12-8-11(3)16-13(17-12)15-9-14(4)6-5-7-14/h8,10H,5-7,9H2,1-4H3,(H,15,16,17). The third kappa shape index (κ3) is 3.34. The minimum atomic E-state index is 0.135. The minimum absolute atomic E-state index is 0.135. The van der Waals surface area contributed by atoms with E-state index in [-0.39, 0.29) is 6.10 Å². The Hall–Kier alpha value is -1.32. The highest BCUT2D eigenvalue weighted by atomic mass is 16.5. The molecule has 1 heterocycles. The van der Waals surface area contributed by atoms with E-state index in [1.54, 1.807) is 0 Å². The van der Waals surface area contributed by atoms with Gasteiger partial charge < -0.3 is 10.1 Å². The van der Waals surface area contributed by atoms with Gasteiger partial charge in [0.25, 0.3) is 0 Å². The molecule has 0 aliphatic heterocycles. The molecular formula is C14H23N3O. The summed E-state index contributed by atoms with van der Waals surface area (Å²) >= 11 is 0. The average Bonchev–Trinajstić information content (AvgIpc) is 2.22. The molecule has 1 saturated carbocycles. The molecule has 0 amide bonds. The lowest BCUT2D eigenvalue weighted by Gasteiger charge is -2.38. The van der Waals surface area contributed by atoms with Crippen molar-refractivity contribution in [1.29, 1.82) is 0 Å². The SMILES string of the molecule is Cc1cc(OC(C)C)nc(NCC2(C)CCC2)n1. The largest absolute Gasteiger partial charge is 0.475 e. The number of nitrogens with one attached hydrogen (secondary N) is 1. The Morgan fingerprint density at radius 2 is 2.11 bits per heavy atom. The van der Waals surface area contributed by atoms with Crippen molar-refractivity contribution in [1.82, 2.24) is 9.97 Å². The van der Waals surface area contributed by atoms with Gasteiger partial charge in [-0.2, -0.15) is 4.98 Å². The summed E-state index contributed by atoms with van der Waals surface area (Å²) in [4.78, 5) is 8.79. The highest BCUT2D eigenvalue weighted by Crippen LogP contribution is 2.40. The second-order valence-electron chi connectivity index (χ2n) is 5.86. The monoisotopic (exact) mass is 249 g/mol. The lowest BCUT2D eigenvalue weighted by Crippen LogP contribution is -2.33. The number of hydrogen-bond acceptors (Lipinski definition) is 4. The molecule has 4 heteroatoms. The summed E-state index contributed by atoms with van der Waals surface area (Å²) in [7, 11) is 0. The summed E-state index contributed by atoms with van der Waals surface area (Å²) in [6, 6.07) is 1.87. The predicted molar refractivity (Wildman–Crippen MR) is 73.0 cm³/mol. The fraction of sp³-hybridized carbons (Fsp3) is 0.714. The molecule has 100 valence electrons. The first kappa shape index (κ1) is 13.1. The van der Waals surface area contributed by atoms with E-state index >= 15 is 0 Å². The van der Waals surface area contributed by atoms with Gasteiger partial charge in [0, 0.05) is 18.3 Å². The van der Waals surface area contributed by atoms with Crippen molar-refractivity contribution in [2.75, 3.05) is 11.9 Å². The number of aromatic nitrogens is 2. The van der Waals surface area contributed by atoms with Crippen molar-refractivity contribution >= 4 is 5.95 Å². The van der Waals surface area contributed by atoms with Crippen molar-refractivity contribution in [2.24, 2.45) is 5.41 Å². The van der Waals surface area contributed by atoms with Gasteiger partial charge in [0.1, 0.15) is 0 Å². The van der Waals surface area contributed by atoms with Crippen molar-refractivity contribution < 1.29 is 4.74 Å². The molecule has 1 fully saturated rings. The predicted octanol–water partition coefficient (Wildman–Crippen LogP) is 3.17. The summed E-state index contributed by atoms with van der Waals surface area (Å²) < 4.78 is 5.62. The van der Waals surface area contributed by atoms with E-state index in [0.717, 1.165) is 12.2 Å². The van der Waals surface area contributed by atoms with Crippen LogP contribution >= 0.6 is 0 Å². The van der Waals surface area contributed by atoms with E-state index in [4.69, 9.17) is 4.74 Å². The lowest BCUT2D eigenvalue weighted by molar-refractivity contribution is 0.179. The van der Waals surface area contributed by atoms with Crippen LogP contribution < -0.4 is 10.1 Å². The Morgan fingerprint density at radius 1 is 1.39 bits per heavy atom. The Kier molecular flexibility index (Phi) is 3.73. The molecule has 0 radical (unpaired) electrons. The Morgan fingerprint density at radius 3 is 2.67 bits per heavy atom. The van der Waals surface area contributed by atoms with E-state index in [0.29, 0.717) is 17.2 Å². The zero-order valence-corrected chi connectivity index (χ0v) is 11.8. The first-order valence-corrected chi connectivity index (χ1v) is 6.73. The van der Waals surface area contributed by atoms with Gasteiger partial charge in [-0.25, -0.2) is 4.98 Å². The molecule has 0 atom stereocenters. The van der Waals surface area contributed by atoms with Crippen molar-refractivity contribution in [3.63, 3.8) is 0 Å². The summed E-state index contributed by atoms with van der Waals surface area (Å²) in [5, 5.41) is 3.34. The van der Waals surface area contributed by atoms with E-state index in [1.165, 1.54) is 19.3 Å². The van der Waals surface area contributed by atoms with Crippen LogP contribution in [-0.4, -0.2) is 22.6 Å². The number of nitrogens with zero attached hydrogens (tertiary/aromatic N) is 2. The summed E-state index contributed by atoms with van der Waals surface area (Å²) in [5.41, 5.74) is 1.36. The molecule has 1 aromatic heterocycles. The number of anilines is 1. The highest BCUT2D eigenvalue weighted by molar-refractivity contribution is 5.31. The third-order valence-corrected chi connectivity index (χ3v) is 3.42. The first-order chi connectivity index (χ1) is 8.47. The molecule has 18 heavy (non-hydrogen) atoms. The molecule has 1 aromatic rings. The van der Waals surface area contributed by atoms with E-state index in [1.807, 2.05) is 26.8 Å². The zero-order chi connectivity index (χ0) is 13.2.